The molecule has 0 saturated heterocycles. The van der Waals surface area contributed by atoms with Gasteiger partial charge in [-0.3, -0.25) is 4.79 Å². The third-order valence-corrected chi connectivity index (χ3v) is 3.97. The van der Waals surface area contributed by atoms with Crippen LogP contribution in [0.1, 0.15) is 30.7 Å². The lowest BCUT2D eigenvalue weighted by atomic mass is 9.91. The number of benzene rings is 1. The maximum Gasteiger partial charge on any atom is 0.303 e. The average molecular weight is 315 g/mol. The number of halogens is 1. The number of aliphatic carboxylic acids is 1. The van der Waals surface area contributed by atoms with Crippen molar-refractivity contribution in [3.05, 3.63) is 22.2 Å². The molecule has 4 nitrogen and oxygen atoms in total. The second-order valence-electron chi connectivity index (χ2n) is 4.59. The van der Waals surface area contributed by atoms with Crippen molar-refractivity contribution in [3.63, 3.8) is 0 Å². The molecule has 1 unspecified atom stereocenters. The van der Waals surface area contributed by atoms with E-state index in [9.17, 15) is 9.90 Å². The molecule has 0 spiro atoms. The van der Waals surface area contributed by atoms with Crippen molar-refractivity contribution >= 4 is 21.9 Å². The number of methoxy groups -OCH3 is 1. The van der Waals surface area contributed by atoms with Gasteiger partial charge in [-0.25, -0.2) is 0 Å². The molecule has 18 heavy (non-hydrogen) atoms. The normalized spacial score (nSPS) is 16.3. The zero-order valence-electron chi connectivity index (χ0n) is 10.0. The second kappa shape index (κ2) is 5.18. The Kier molecular flexibility index (Phi) is 3.80. The number of phenolic OH excluding ortho intramolecular Hbond substituents is 1. The highest BCUT2D eigenvalue weighted by Crippen LogP contribution is 2.48. The number of ether oxygens (including phenoxy) is 1. The van der Waals surface area contributed by atoms with E-state index in [0.29, 0.717) is 11.7 Å². The molecule has 0 radical (unpaired) electrons. The first kappa shape index (κ1) is 13.2. The number of aromatic hydroxyl groups is 1. The zero-order chi connectivity index (χ0) is 13.3. The van der Waals surface area contributed by atoms with Gasteiger partial charge in [0.15, 0.2) is 11.5 Å². The first-order valence-corrected chi connectivity index (χ1v) is 6.60. The summed E-state index contributed by atoms with van der Waals surface area (Å²) in [4.78, 5) is 11.0. The number of carbonyl (C=O) groups is 1. The highest BCUT2D eigenvalue weighted by Gasteiger charge is 2.35. The molecule has 1 aromatic carbocycles. The Morgan fingerprint density at radius 3 is 2.72 bits per heavy atom. The number of hydrogen-bond donors (Lipinski definition) is 2. The molecule has 0 amide bonds. The largest absolute Gasteiger partial charge is 0.504 e. The van der Waals surface area contributed by atoms with Crippen LogP contribution in [0.5, 0.6) is 11.5 Å². The molecule has 0 heterocycles. The Balaban J connectivity index is 2.37. The minimum absolute atomic E-state index is 0.0219. The van der Waals surface area contributed by atoms with Crippen molar-refractivity contribution in [1.82, 2.24) is 0 Å². The summed E-state index contributed by atoms with van der Waals surface area (Å²) in [6, 6.07) is 3.29. The van der Waals surface area contributed by atoms with Gasteiger partial charge in [-0.05, 0) is 42.4 Å². The van der Waals surface area contributed by atoms with Crippen LogP contribution < -0.4 is 4.74 Å². The predicted octanol–water partition coefficient (Wildman–Crippen LogP) is 3.13. The summed E-state index contributed by atoms with van der Waals surface area (Å²) in [6.07, 6.45) is 2.23. The van der Waals surface area contributed by atoms with Crippen LogP contribution >= 0.6 is 15.9 Å². The third-order valence-electron chi connectivity index (χ3n) is 3.28. The lowest BCUT2D eigenvalue weighted by Gasteiger charge is -2.18. The predicted molar refractivity (Wildman–Crippen MR) is 70.1 cm³/mol. The quantitative estimate of drug-likeness (QED) is 0.876. The molecule has 0 bridgehead atoms. The van der Waals surface area contributed by atoms with Crippen molar-refractivity contribution in [3.8, 4) is 11.5 Å². The minimum Gasteiger partial charge on any atom is -0.504 e. The Morgan fingerprint density at radius 2 is 2.22 bits per heavy atom. The summed E-state index contributed by atoms with van der Waals surface area (Å²) in [5.74, 6) is 0.0334. The van der Waals surface area contributed by atoms with Crippen molar-refractivity contribution in [2.45, 2.75) is 25.2 Å². The van der Waals surface area contributed by atoms with E-state index < -0.39 is 5.97 Å². The molecule has 5 heteroatoms. The summed E-state index contributed by atoms with van der Waals surface area (Å²) in [7, 11) is 1.48. The SMILES string of the molecule is COc1cc(C(CC(=O)O)C2CC2)c(Br)cc1O. The minimum atomic E-state index is -0.800. The van der Waals surface area contributed by atoms with Gasteiger partial charge in [-0.2, -0.15) is 0 Å². The Hall–Kier alpha value is -1.23. The van der Waals surface area contributed by atoms with Crippen LogP contribution in [0.25, 0.3) is 0 Å². The fourth-order valence-electron chi connectivity index (χ4n) is 2.22. The van der Waals surface area contributed by atoms with Crippen molar-refractivity contribution in [1.29, 1.82) is 0 Å². The van der Waals surface area contributed by atoms with E-state index in [1.165, 1.54) is 7.11 Å². The van der Waals surface area contributed by atoms with Crippen LogP contribution in [0.4, 0.5) is 0 Å². The van der Waals surface area contributed by atoms with Gasteiger partial charge < -0.3 is 14.9 Å². The molecular formula is C13H15BrO4. The maximum absolute atomic E-state index is 11.0. The molecule has 1 fully saturated rings. The Bertz CT molecular complexity index is 468. The molecule has 0 aromatic heterocycles. The topological polar surface area (TPSA) is 66.8 Å². The van der Waals surface area contributed by atoms with Gasteiger partial charge in [0.25, 0.3) is 0 Å². The summed E-state index contributed by atoms with van der Waals surface area (Å²) in [5.41, 5.74) is 0.898. The van der Waals surface area contributed by atoms with E-state index >= 15 is 0 Å². The van der Waals surface area contributed by atoms with E-state index in [2.05, 4.69) is 15.9 Å². The monoisotopic (exact) mass is 314 g/mol. The maximum atomic E-state index is 11.0. The third kappa shape index (κ3) is 2.77. The fraction of sp³-hybridized carbons (Fsp3) is 0.462. The van der Waals surface area contributed by atoms with Crippen molar-refractivity contribution in [2.24, 2.45) is 5.92 Å². The fourth-order valence-corrected chi connectivity index (χ4v) is 2.85. The van der Waals surface area contributed by atoms with Gasteiger partial charge in [0.05, 0.1) is 13.5 Å². The lowest BCUT2D eigenvalue weighted by molar-refractivity contribution is -0.137. The van der Waals surface area contributed by atoms with Gasteiger partial charge in [0.2, 0.25) is 0 Å². The molecule has 1 saturated carbocycles. The van der Waals surface area contributed by atoms with E-state index in [1.807, 2.05) is 0 Å². The molecule has 1 atom stereocenters. The van der Waals surface area contributed by atoms with E-state index in [0.717, 1.165) is 22.9 Å². The number of rotatable bonds is 5. The molecule has 98 valence electrons. The first-order chi connectivity index (χ1) is 8.52. The summed E-state index contributed by atoms with van der Waals surface area (Å²) >= 11 is 3.39. The van der Waals surface area contributed by atoms with Crippen LogP contribution in [0.3, 0.4) is 0 Å². The second-order valence-corrected chi connectivity index (χ2v) is 5.44. The van der Waals surface area contributed by atoms with Gasteiger partial charge >= 0.3 is 5.97 Å². The summed E-state index contributed by atoms with van der Waals surface area (Å²) in [5, 5.41) is 18.7. The van der Waals surface area contributed by atoms with Gasteiger partial charge in [0, 0.05) is 4.47 Å². The van der Waals surface area contributed by atoms with Crippen molar-refractivity contribution in [2.75, 3.05) is 7.11 Å². The first-order valence-electron chi connectivity index (χ1n) is 5.81. The van der Waals surface area contributed by atoms with Crippen LogP contribution in [0.15, 0.2) is 16.6 Å². The number of hydrogen-bond acceptors (Lipinski definition) is 3. The molecule has 2 rings (SSSR count). The summed E-state index contributed by atoms with van der Waals surface area (Å²) in [6.45, 7) is 0. The highest BCUT2D eigenvalue weighted by atomic mass is 79.9. The lowest BCUT2D eigenvalue weighted by Crippen LogP contribution is -2.09. The van der Waals surface area contributed by atoms with E-state index in [4.69, 9.17) is 9.84 Å². The Labute approximate surface area is 114 Å². The molecule has 0 aliphatic heterocycles. The Morgan fingerprint density at radius 1 is 1.56 bits per heavy atom. The molecule has 2 N–H and O–H groups in total. The van der Waals surface area contributed by atoms with Crippen LogP contribution in [0, 0.1) is 5.92 Å². The summed E-state index contributed by atoms with van der Waals surface area (Å²) < 4.78 is 5.81. The zero-order valence-corrected chi connectivity index (χ0v) is 11.6. The molecule has 1 aliphatic carbocycles. The average Bonchev–Trinajstić information content (AvgIpc) is 3.10. The highest BCUT2D eigenvalue weighted by molar-refractivity contribution is 9.10. The molecule has 1 aromatic rings. The van der Waals surface area contributed by atoms with E-state index in [-0.39, 0.29) is 18.1 Å². The van der Waals surface area contributed by atoms with Crippen molar-refractivity contribution < 1.29 is 19.7 Å². The van der Waals surface area contributed by atoms with Gasteiger partial charge in [-0.15, -0.1) is 0 Å². The van der Waals surface area contributed by atoms with Gasteiger partial charge in [0.1, 0.15) is 0 Å². The standard InChI is InChI=1S/C13H15BrO4/c1-18-12-4-9(10(14)6-11(12)15)8(5-13(16)17)7-2-3-7/h4,6-8,15H,2-3,5H2,1H3,(H,16,17). The molecule has 1 aliphatic rings. The number of phenols is 1. The van der Waals surface area contributed by atoms with Crippen LogP contribution in [-0.2, 0) is 4.79 Å². The smallest absolute Gasteiger partial charge is 0.303 e. The number of carboxylic acid groups (broad SMARTS) is 1. The van der Waals surface area contributed by atoms with Crippen LogP contribution in [0.2, 0.25) is 0 Å². The van der Waals surface area contributed by atoms with E-state index in [1.54, 1.807) is 12.1 Å². The van der Waals surface area contributed by atoms with Crippen LogP contribution in [-0.4, -0.2) is 23.3 Å². The van der Waals surface area contributed by atoms with Gasteiger partial charge in [-0.1, -0.05) is 15.9 Å². The molecular weight excluding hydrogens is 300 g/mol. The number of carboxylic acids is 1.